The predicted molar refractivity (Wildman–Crippen MR) is 77.7 cm³/mol. The van der Waals surface area contributed by atoms with Crippen molar-refractivity contribution in [2.45, 2.75) is 19.3 Å². The van der Waals surface area contributed by atoms with E-state index in [2.05, 4.69) is 15.3 Å². The number of hydrogen-bond acceptors (Lipinski definition) is 4. The zero-order valence-electron chi connectivity index (χ0n) is 10.8. The highest BCUT2D eigenvalue weighted by Gasteiger charge is 2.20. The van der Waals surface area contributed by atoms with Crippen molar-refractivity contribution in [2.24, 2.45) is 5.92 Å². The SMILES string of the molecule is Nc1cc(NCCC2CC2)nc(-c2ccccc2)n1. The monoisotopic (exact) mass is 254 g/mol. The second-order valence-corrected chi connectivity index (χ2v) is 5.03. The van der Waals surface area contributed by atoms with Crippen molar-refractivity contribution in [1.82, 2.24) is 9.97 Å². The number of benzene rings is 1. The maximum atomic E-state index is 5.85. The Morgan fingerprint density at radius 2 is 1.95 bits per heavy atom. The van der Waals surface area contributed by atoms with Gasteiger partial charge in [0.25, 0.3) is 0 Å². The standard InChI is InChI=1S/C15H18N4/c16-13-10-14(17-9-8-11-6-7-11)19-15(18-13)12-4-2-1-3-5-12/h1-5,10-11H,6-9H2,(H3,16,17,18,19). The lowest BCUT2D eigenvalue weighted by atomic mass is 10.2. The Labute approximate surface area is 113 Å². The van der Waals surface area contributed by atoms with Crippen LogP contribution in [-0.2, 0) is 0 Å². The van der Waals surface area contributed by atoms with Crippen LogP contribution in [0, 0.1) is 5.92 Å². The highest BCUT2D eigenvalue weighted by atomic mass is 15.0. The lowest BCUT2D eigenvalue weighted by molar-refractivity contribution is 0.758. The van der Waals surface area contributed by atoms with Crippen molar-refractivity contribution in [1.29, 1.82) is 0 Å². The molecule has 1 fully saturated rings. The molecule has 19 heavy (non-hydrogen) atoms. The molecule has 4 nitrogen and oxygen atoms in total. The predicted octanol–water partition coefficient (Wildman–Crippen LogP) is 2.94. The number of anilines is 2. The van der Waals surface area contributed by atoms with E-state index in [4.69, 9.17) is 5.73 Å². The van der Waals surface area contributed by atoms with Gasteiger partial charge < -0.3 is 11.1 Å². The van der Waals surface area contributed by atoms with Crippen LogP contribution < -0.4 is 11.1 Å². The van der Waals surface area contributed by atoms with Crippen LogP contribution in [0.3, 0.4) is 0 Å². The fourth-order valence-corrected chi connectivity index (χ4v) is 2.08. The Morgan fingerprint density at radius 1 is 1.16 bits per heavy atom. The summed E-state index contributed by atoms with van der Waals surface area (Å²) in [6, 6.07) is 11.7. The summed E-state index contributed by atoms with van der Waals surface area (Å²) >= 11 is 0. The third-order valence-electron chi connectivity index (χ3n) is 3.33. The first-order valence-electron chi connectivity index (χ1n) is 6.75. The molecule has 1 heterocycles. The molecule has 4 heteroatoms. The summed E-state index contributed by atoms with van der Waals surface area (Å²) in [5, 5.41) is 3.34. The number of aromatic nitrogens is 2. The van der Waals surface area contributed by atoms with Crippen molar-refractivity contribution < 1.29 is 0 Å². The average molecular weight is 254 g/mol. The molecule has 0 bridgehead atoms. The quantitative estimate of drug-likeness (QED) is 0.861. The topological polar surface area (TPSA) is 63.8 Å². The van der Waals surface area contributed by atoms with Gasteiger partial charge in [-0.15, -0.1) is 0 Å². The number of rotatable bonds is 5. The Kier molecular flexibility index (Phi) is 3.31. The Balaban J connectivity index is 1.75. The normalized spacial score (nSPS) is 14.3. The smallest absolute Gasteiger partial charge is 0.163 e. The molecule has 0 amide bonds. The van der Waals surface area contributed by atoms with E-state index in [0.717, 1.165) is 23.8 Å². The van der Waals surface area contributed by atoms with Gasteiger partial charge in [0.1, 0.15) is 11.6 Å². The summed E-state index contributed by atoms with van der Waals surface area (Å²) in [6.45, 7) is 0.954. The summed E-state index contributed by atoms with van der Waals surface area (Å²) in [5.74, 6) is 2.91. The minimum absolute atomic E-state index is 0.503. The van der Waals surface area contributed by atoms with E-state index in [1.807, 2.05) is 30.3 Å². The van der Waals surface area contributed by atoms with Gasteiger partial charge in [-0.2, -0.15) is 0 Å². The molecule has 1 aliphatic rings. The van der Waals surface area contributed by atoms with Gasteiger partial charge in [0.15, 0.2) is 5.82 Å². The maximum Gasteiger partial charge on any atom is 0.163 e. The van der Waals surface area contributed by atoms with Crippen LogP contribution in [0.2, 0.25) is 0 Å². The number of nitrogens with zero attached hydrogens (tertiary/aromatic N) is 2. The van der Waals surface area contributed by atoms with E-state index in [9.17, 15) is 0 Å². The van der Waals surface area contributed by atoms with Crippen LogP contribution in [0.1, 0.15) is 19.3 Å². The van der Waals surface area contributed by atoms with Crippen LogP contribution in [0.5, 0.6) is 0 Å². The molecule has 0 spiro atoms. The fraction of sp³-hybridized carbons (Fsp3) is 0.333. The molecule has 1 aromatic carbocycles. The Bertz CT molecular complexity index is 549. The van der Waals surface area contributed by atoms with Gasteiger partial charge in [0.05, 0.1) is 0 Å². The molecule has 1 aromatic heterocycles. The van der Waals surface area contributed by atoms with Gasteiger partial charge in [0, 0.05) is 18.2 Å². The van der Waals surface area contributed by atoms with E-state index in [1.54, 1.807) is 6.07 Å². The molecule has 1 saturated carbocycles. The third kappa shape index (κ3) is 3.22. The van der Waals surface area contributed by atoms with Gasteiger partial charge >= 0.3 is 0 Å². The Morgan fingerprint density at radius 3 is 2.68 bits per heavy atom. The second-order valence-electron chi connectivity index (χ2n) is 5.03. The summed E-state index contributed by atoms with van der Waals surface area (Å²) in [6.07, 6.45) is 3.97. The molecule has 0 atom stereocenters. The number of nitrogens with two attached hydrogens (primary N) is 1. The fourth-order valence-electron chi connectivity index (χ4n) is 2.08. The van der Waals surface area contributed by atoms with E-state index >= 15 is 0 Å². The molecule has 0 saturated heterocycles. The van der Waals surface area contributed by atoms with Crippen LogP contribution in [0.25, 0.3) is 11.4 Å². The summed E-state index contributed by atoms with van der Waals surface area (Å²) in [4.78, 5) is 8.81. The molecule has 3 N–H and O–H groups in total. The molecule has 0 aliphatic heterocycles. The van der Waals surface area contributed by atoms with Crippen molar-refractivity contribution in [3.05, 3.63) is 36.4 Å². The lowest BCUT2D eigenvalue weighted by Crippen LogP contribution is -2.06. The summed E-state index contributed by atoms with van der Waals surface area (Å²) in [7, 11) is 0. The van der Waals surface area contributed by atoms with Gasteiger partial charge in [-0.05, 0) is 12.3 Å². The van der Waals surface area contributed by atoms with Gasteiger partial charge in [-0.3, -0.25) is 0 Å². The van der Waals surface area contributed by atoms with Crippen LogP contribution in [0.15, 0.2) is 36.4 Å². The molecular formula is C15H18N4. The average Bonchev–Trinajstić information content (AvgIpc) is 3.23. The third-order valence-corrected chi connectivity index (χ3v) is 3.33. The molecule has 98 valence electrons. The van der Waals surface area contributed by atoms with Crippen molar-refractivity contribution >= 4 is 11.6 Å². The molecule has 1 aliphatic carbocycles. The zero-order valence-corrected chi connectivity index (χ0v) is 10.8. The van der Waals surface area contributed by atoms with Gasteiger partial charge in [-0.25, -0.2) is 9.97 Å². The van der Waals surface area contributed by atoms with Crippen molar-refractivity contribution in [3.8, 4) is 11.4 Å². The van der Waals surface area contributed by atoms with Crippen LogP contribution in [0.4, 0.5) is 11.6 Å². The number of hydrogen-bond donors (Lipinski definition) is 2. The van der Waals surface area contributed by atoms with E-state index < -0.39 is 0 Å². The summed E-state index contributed by atoms with van der Waals surface area (Å²) in [5.41, 5.74) is 6.84. The highest BCUT2D eigenvalue weighted by Crippen LogP contribution is 2.32. The molecule has 0 unspecified atom stereocenters. The molecule has 2 aromatic rings. The van der Waals surface area contributed by atoms with Crippen molar-refractivity contribution in [3.63, 3.8) is 0 Å². The molecular weight excluding hydrogens is 236 g/mol. The first-order chi connectivity index (χ1) is 9.31. The van der Waals surface area contributed by atoms with E-state index in [-0.39, 0.29) is 0 Å². The molecule has 3 rings (SSSR count). The van der Waals surface area contributed by atoms with Crippen LogP contribution in [-0.4, -0.2) is 16.5 Å². The first kappa shape index (κ1) is 12.0. The minimum Gasteiger partial charge on any atom is -0.384 e. The van der Waals surface area contributed by atoms with E-state index in [1.165, 1.54) is 19.3 Å². The van der Waals surface area contributed by atoms with E-state index in [0.29, 0.717) is 11.6 Å². The maximum absolute atomic E-state index is 5.85. The van der Waals surface area contributed by atoms with Gasteiger partial charge in [-0.1, -0.05) is 43.2 Å². The largest absolute Gasteiger partial charge is 0.384 e. The first-order valence-corrected chi connectivity index (χ1v) is 6.75. The van der Waals surface area contributed by atoms with Crippen molar-refractivity contribution in [2.75, 3.05) is 17.6 Å². The second kappa shape index (κ2) is 5.26. The lowest BCUT2D eigenvalue weighted by Gasteiger charge is -2.08. The summed E-state index contributed by atoms with van der Waals surface area (Å²) < 4.78 is 0. The highest BCUT2D eigenvalue weighted by molar-refractivity contribution is 5.60. The number of nitrogens with one attached hydrogen (secondary N) is 1. The minimum atomic E-state index is 0.503. The molecule has 0 radical (unpaired) electrons. The van der Waals surface area contributed by atoms with Crippen LogP contribution >= 0.6 is 0 Å². The Hall–Kier alpha value is -2.10. The number of nitrogen functional groups attached to an aromatic ring is 1. The zero-order chi connectivity index (χ0) is 13.1. The van der Waals surface area contributed by atoms with Gasteiger partial charge in [0.2, 0.25) is 0 Å².